The number of rotatable bonds is 6. The smallest absolute Gasteiger partial charge is 0.243 e. The van der Waals surface area contributed by atoms with Gasteiger partial charge in [0.1, 0.15) is 6.54 Å². The van der Waals surface area contributed by atoms with Crippen molar-refractivity contribution >= 4 is 40.3 Å². The zero-order valence-corrected chi connectivity index (χ0v) is 19.7. The zero-order valence-electron chi connectivity index (χ0n) is 18.9. The average Bonchev–Trinajstić information content (AvgIpc) is 3.11. The third-order valence-electron chi connectivity index (χ3n) is 6.15. The number of amides is 2. The average molecular weight is 451 g/mol. The molecule has 4 rings (SSSR count). The lowest BCUT2D eigenvalue weighted by Crippen LogP contribution is -2.48. The van der Waals surface area contributed by atoms with Crippen molar-refractivity contribution < 1.29 is 9.59 Å². The van der Waals surface area contributed by atoms with Gasteiger partial charge >= 0.3 is 0 Å². The summed E-state index contributed by atoms with van der Waals surface area (Å²) in [4.78, 5) is 32.6. The van der Waals surface area contributed by atoms with Crippen molar-refractivity contribution in [3.05, 3.63) is 54.1 Å². The summed E-state index contributed by atoms with van der Waals surface area (Å²) in [5, 5.41) is 3.66. The molecule has 32 heavy (non-hydrogen) atoms. The Kier molecular flexibility index (Phi) is 6.84. The van der Waals surface area contributed by atoms with Crippen LogP contribution < -0.4 is 5.32 Å². The minimum atomic E-state index is -0.0903. The Balaban J connectivity index is 1.52. The molecule has 1 aliphatic heterocycles. The van der Waals surface area contributed by atoms with E-state index in [4.69, 9.17) is 4.98 Å². The molecule has 0 aliphatic carbocycles. The van der Waals surface area contributed by atoms with E-state index >= 15 is 0 Å². The van der Waals surface area contributed by atoms with Gasteiger partial charge in [-0.2, -0.15) is 0 Å². The summed E-state index contributed by atoms with van der Waals surface area (Å²) in [7, 11) is 0. The number of para-hydroxylation sites is 3. The maximum Gasteiger partial charge on any atom is 0.243 e. The first kappa shape index (κ1) is 22.4. The van der Waals surface area contributed by atoms with Crippen LogP contribution in [0.4, 0.5) is 5.69 Å². The van der Waals surface area contributed by atoms with Gasteiger partial charge in [0.15, 0.2) is 5.16 Å². The minimum Gasteiger partial charge on any atom is -0.336 e. The first-order chi connectivity index (χ1) is 15.4. The Hall–Kier alpha value is -2.80. The lowest BCUT2D eigenvalue weighted by atomic mass is 9.97. The summed E-state index contributed by atoms with van der Waals surface area (Å²) in [6.45, 7) is 6.46. The van der Waals surface area contributed by atoms with Gasteiger partial charge in [0.25, 0.3) is 0 Å². The van der Waals surface area contributed by atoms with Crippen LogP contribution in [0.2, 0.25) is 0 Å². The first-order valence-electron chi connectivity index (χ1n) is 11.2. The molecule has 1 N–H and O–H groups in total. The van der Waals surface area contributed by atoms with Gasteiger partial charge in [0, 0.05) is 17.8 Å². The van der Waals surface area contributed by atoms with E-state index in [0.29, 0.717) is 5.16 Å². The highest BCUT2D eigenvalue weighted by Crippen LogP contribution is 2.27. The molecule has 0 saturated carbocycles. The molecule has 1 saturated heterocycles. The van der Waals surface area contributed by atoms with Crippen molar-refractivity contribution in [3.63, 3.8) is 0 Å². The molecule has 0 radical (unpaired) electrons. The van der Waals surface area contributed by atoms with Crippen LogP contribution in [-0.2, 0) is 16.1 Å². The van der Waals surface area contributed by atoms with Gasteiger partial charge in [-0.05, 0) is 63.8 Å². The van der Waals surface area contributed by atoms with E-state index in [0.717, 1.165) is 41.5 Å². The van der Waals surface area contributed by atoms with E-state index < -0.39 is 0 Å². The monoisotopic (exact) mass is 450 g/mol. The summed E-state index contributed by atoms with van der Waals surface area (Å²) in [5.41, 5.74) is 3.59. The van der Waals surface area contributed by atoms with Gasteiger partial charge in [-0.3, -0.25) is 9.59 Å². The number of aromatic nitrogens is 2. The highest BCUT2D eigenvalue weighted by molar-refractivity contribution is 7.99. The highest BCUT2D eigenvalue weighted by Gasteiger charge is 2.29. The molecule has 168 valence electrons. The molecule has 7 heteroatoms. The number of carbonyl (C=O) groups excluding carboxylic acids is 2. The van der Waals surface area contributed by atoms with Crippen molar-refractivity contribution in [2.45, 2.75) is 63.8 Å². The molecule has 3 aromatic rings. The highest BCUT2D eigenvalue weighted by atomic mass is 32.2. The number of likely N-dealkylation sites (tertiary alicyclic amines) is 1. The van der Waals surface area contributed by atoms with Crippen molar-refractivity contribution in [1.29, 1.82) is 0 Å². The molecule has 6 nitrogen and oxygen atoms in total. The number of aryl methyl sites for hydroxylation is 1. The lowest BCUT2D eigenvalue weighted by molar-refractivity contribution is -0.138. The van der Waals surface area contributed by atoms with Crippen molar-refractivity contribution in [2.75, 3.05) is 11.1 Å². The Bertz CT molecular complexity index is 1120. The lowest BCUT2D eigenvalue weighted by Gasteiger charge is -2.39. The van der Waals surface area contributed by atoms with Crippen molar-refractivity contribution in [1.82, 2.24) is 14.5 Å². The van der Waals surface area contributed by atoms with Crippen LogP contribution in [0.3, 0.4) is 0 Å². The fraction of sp³-hybridized carbons (Fsp3) is 0.400. The van der Waals surface area contributed by atoms with Crippen LogP contribution in [-0.4, -0.2) is 44.1 Å². The van der Waals surface area contributed by atoms with E-state index in [1.54, 1.807) is 0 Å². The second-order valence-electron chi connectivity index (χ2n) is 8.55. The number of nitrogens with one attached hydrogen (secondary N) is 1. The maximum absolute atomic E-state index is 13.3. The number of benzene rings is 2. The minimum absolute atomic E-state index is 0.0903. The van der Waals surface area contributed by atoms with Crippen LogP contribution in [0, 0.1) is 6.92 Å². The third kappa shape index (κ3) is 4.83. The fourth-order valence-corrected chi connectivity index (χ4v) is 5.29. The van der Waals surface area contributed by atoms with Crippen LogP contribution in [0.15, 0.2) is 53.7 Å². The molecular formula is C25H30N4O2S. The van der Waals surface area contributed by atoms with Gasteiger partial charge in [0.2, 0.25) is 11.8 Å². The molecule has 2 aromatic carbocycles. The number of imidazole rings is 1. The molecule has 1 aliphatic rings. The molecule has 2 heterocycles. The largest absolute Gasteiger partial charge is 0.336 e. The van der Waals surface area contributed by atoms with Crippen LogP contribution in [0.5, 0.6) is 0 Å². The Morgan fingerprint density at radius 2 is 1.75 bits per heavy atom. The number of carbonyl (C=O) groups is 2. The van der Waals surface area contributed by atoms with Gasteiger partial charge in [-0.15, -0.1) is 0 Å². The summed E-state index contributed by atoms with van der Waals surface area (Å²) < 4.78 is 1.96. The molecule has 2 amide bonds. The quantitative estimate of drug-likeness (QED) is 0.545. The van der Waals surface area contributed by atoms with E-state index in [2.05, 4.69) is 19.2 Å². The first-order valence-corrected chi connectivity index (χ1v) is 12.2. The van der Waals surface area contributed by atoms with Gasteiger partial charge < -0.3 is 14.8 Å². The molecule has 1 fully saturated rings. The number of anilines is 1. The summed E-state index contributed by atoms with van der Waals surface area (Å²) in [5.74, 6) is 0.245. The molecule has 2 unspecified atom stereocenters. The van der Waals surface area contributed by atoms with Crippen molar-refractivity contribution in [2.24, 2.45) is 0 Å². The fourth-order valence-electron chi connectivity index (χ4n) is 4.48. The van der Waals surface area contributed by atoms with Crippen LogP contribution in [0.25, 0.3) is 11.0 Å². The summed E-state index contributed by atoms with van der Waals surface area (Å²) in [6.07, 6.45) is 3.25. The predicted octanol–water partition coefficient (Wildman–Crippen LogP) is 4.87. The zero-order chi connectivity index (χ0) is 22.7. The molecule has 2 atom stereocenters. The number of hydrogen-bond donors (Lipinski definition) is 1. The van der Waals surface area contributed by atoms with Gasteiger partial charge in [-0.25, -0.2) is 4.98 Å². The number of hydrogen-bond acceptors (Lipinski definition) is 4. The molecule has 1 aromatic heterocycles. The van der Waals surface area contributed by atoms with Gasteiger partial charge in [-0.1, -0.05) is 42.1 Å². The van der Waals surface area contributed by atoms with Crippen LogP contribution >= 0.6 is 11.8 Å². The van der Waals surface area contributed by atoms with E-state index in [1.807, 2.05) is 64.9 Å². The number of nitrogens with zero attached hydrogens (tertiary/aromatic N) is 3. The SMILES string of the molecule is Cc1ccccc1NC(=O)CSc1nc2ccccc2n1CC(=O)N1C(C)CCCC1C. The van der Waals surface area contributed by atoms with Crippen LogP contribution in [0.1, 0.15) is 38.7 Å². The second-order valence-corrected chi connectivity index (χ2v) is 9.49. The topological polar surface area (TPSA) is 67.2 Å². The Morgan fingerprint density at radius 3 is 2.50 bits per heavy atom. The molecular weight excluding hydrogens is 420 g/mol. The summed E-state index contributed by atoms with van der Waals surface area (Å²) in [6, 6.07) is 16.0. The molecule has 0 spiro atoms. The number of thioether (sulfide) groups is 1. The Labute approximate surface area is 193 Å². The normalized spacial score (nSPS) is 18.7. The maximum atomic E-state index is 13.3. The standard InChI is InChI=1S/C25H30N4O2S/c1-17-9-4-5-12-20(17)26-23(30)16-32-25-27-21-13-6-7-14-22(21)28(25)15-24(31)29-18(2)10-8-11-19(29)3/h4-7,9,12-14,18-19H,8,10-11,15-16H2,1-3H3,(H,26,30). The van der Waals surface area contributed by atoms with E-state index in [-0.39, 0.29) is 36.2 Å². The third-order valence-corrected chi connectivity index (χ3v) is 7.12. The number of piperidine rings is 1. The molecule has 0 bridgehead atoms. The Morgan fingerprint density at radius 1 is 1.06 bits per heavy atom. The van der Waals surface area contributed by atoms with E-state index in [1.165, 1.54) is 11.8 Å². The van der Waals surface area contributed by atoms with E-state index in [9.17, 15) is 9.59 Å². The van der Waals surface area contributed by atoms with Crippen molar-refractivity contribution in [3.8, 4) is 0 Å². The summed E-state index contributed by atoms with van der Waals surface area (Å²) >= 11 is 1.37. The second kappa shape index (κ2) is 9.77. The number of fused-ring (bicyclic) bond motifs is 1. The predicted molar refractivity (Wildman–Crippen MR) is 130 cm³/mol. The van der Waals surface area contributed by atoms with Gasteiger partial charge in [0.05, 0.1) is 16.8 Å².